The Morgan fingerprint density at radius 3 is 2.70 bits per heavy atom. The number of hydrogen-bond donors (Lipinski definition) is 1. The van der Waals surface area contributed by atoms with Crippen LogP contribution in [0.4, 0.5) is 15.8 Å². The smallest absolute Gasteiger partial charge is 0.269 e. The van der Waals surface area contributed by atoms with E-state index in [9.17, 15) is 14.5 Å². The van der Waals surface area contributed by atoms with Gasteiger partial charge in [-0.25, -0.2) is 4.39 Å². The van der Waals surface area contributed by atoms with E-state index >= 15 is 0 Å². The van der Waals surface area contributed by atoms with Crippen molar-refractivity contribution in [2.75, 3.05) is 12.4 Å². The molecule has 1 N–H and O–H groups in total. The van der Waals surface area contributed by atoms with Crippen molar-refractivity contribution in [2.45, 2.75) is 25.0 Å². The second-order valence-corrected chi connectivity index (χ2v) is 5.68. The minimum atomic E-state index is -0.415. The molecule has 0 spiro atoms. The van der Waals surface area contributed by atoms with Crippen molar-refractivity contribution in [3.8, 4) is 0 Å². The molecule has 0 amide bonds. The first-order valence-electron chi connectivity index (χ1n) is 7.36. The first-order valence-corrected chi connectivity index (χ1v) is 7.36. The summed E-state index contributed by atoms with van der Waals surface area (Å²) in [5.74, 6) is 0.0952. The number of halogens is 1. The zero-order chi connectivity index (χ0) is 16.4. The topological polar surface area (TPSA) is 64.4 Å². The summed E-state index contributed by atoms with van der Waals surface area (Å²) >= 11 is 0. The van der Waals surface area contributed by atoms with Crippen LogP contribution >= 0.6 is 0 Å². The molecule has 2 aromatic rings. The van der Waals surface area contributed by atoms with E-state index in [0.717, 1.165) is 23.2 Å². The molecule has 0 saturated heterocycles. The lowest BCUT2D eigenvalue weighted by atomic mass is 10.1. The van der Waals surface area contributed by atoms with E-state index in [1.165, 1.54) is 24.3 Å². The molecule has 120 valence electrons. The maximum absolute atomic E-state index is 13.0. The molecule has 0 unspecified atom stereocenters. The van der Waals surface area contributed by atoms with Crippen LogP contribution in [0.1, 0.15) is 23.5 Å². The number of ether oxygens (including phenoxy) is 1. The zero-order valence-electron chi connectivity index (χ0n) is 12.7. The molecule has 1 saturated carbocycles. The number of methoxy groups -OCH3 is 1. The van der Waals surface area contributed by atoms with E-state index < -0.39 is 4.92 Å². The summed E-state index contributed by atoms with van der Waals surface area (Å²) in [6.45, 7) is 0.304. The summed E-state index contributed by atoms with van der Waals surface area (Å²) in [5, 5.41) is 14.3. The van der Waals surface area contributed by atoms with Crippen LogP contribution in [0.25, 0.3) is 0 Å². The maximum Gasteiger partial charge on any atom is 0.269 e. The molecule has 0 heterocycles. The molecule has 5 nitrogen and oxygen atoms in total. The number of nitrogens with one attached hydrogen (secondary N) is 1. The molecular formula is C17H17FN2O3. The van der Waals surface area contributed by atoms with Crippen LogP contribution in [0.5, 0.6) is 0 Å². The van der Waals surface area contributed by atoms with Gasteiger partial charge in [-0.05, 0) is 30.2 Å². The molecule has 2 aromatic carbocycles. The van der Waals surface area contributed by atoms with Crippen molar-refractivity contribution in [2.24, 2.45) is 0 Å². The van der Waals surface area contributed by atoms with Gasteiger partial charge in [0, 0.05) is 42.5 Å². The standard InChI is InChI=1S/C17H17FN2O3/c1-23-10-12-8-14(20(21)22)6-7-16(12)19-17-9-15(17)11-2-4-13(18)5-3-11/h2-8,15,17,19H,9-10H2,1H3/t15-,17+/m0/s1. The van der Waals surface area contributed by atoms with Crippen molar-refractivity contribution in [3.63, 3.8) is 0 Å². The number of hydrogen-bond acceptors (Lipinski definition) is 4. The van der Waals surface area contributed by atoms with Gasteiger partial charge >= 0.3 is 0 Å². The van der Waals surface area contributed by atoms with Gasteiger partial charge in [0.15, 0.2) is 0 Å². The molecule has 23 heavy (non-hydrogen) atoms. The van der Waals surface area contributed by atoms with Crippen molar-refractivity contribution in [3.05, 3.63) is 69.5 Å². The van der Waals surface area contributed by atoms with Crippen molar-refractivity contribution in [1.29, 1.82) is 0 Å². The van der Waals surface area contributed by atoms with Gasteiger partial charge in [0.1, 0.15) is 5.82 Å². The SMILES string of the molecule is COCc1cc([N+](=O)[O-])ccc1N[C@@H]1C[C@H]1c1ccc(F)cc1. The molecule has 0 radical (unpaired) electrons. The lowest BCUT2D eigenvalue weighted by Gasteiger charge is -2.11. The van der Waals surface area contributed by atoms with Gasteiger partial charge in [-0.2, -0.15) is 0 Å². The average Bonchev–Trinajstić information content (AvgIpc) is 3.29. The second-order valence-electron chi connectivity index (χ2n) is 5.68. The third kappa shape index (κ3) is 3.48. The minimum Gasteiger partial charge on any atom is -0.381 e. The highest BCUT2D eigenvalue weighted by Crippen LogP contribution is 2.43. The Morgan fingerprint density at radius 2 is 2.04 bits per heavy atom. The lowest BCUT2D eigenvalue weighted by molar-refractivity contribution is -0.384. The maximum atomic E-state index is 13.0. The third-order valence-corrected chi connectivity index (χ3v) is 4.03. The van der Waals surface area contributed by atoms with Crippen LogP contribution in [-0.4, -0.2) is 18.1 Å². The summed E-state index contributed by atoms with van der Waals surface area (Å²) in [7, 11) is 1.56. The van der Waals surface area contributed by atoms with E-state index in [4.69, 9.17) is 4.74 Å². The zero-order valence-corrected chi connectivity index (χ0v) is 12.7. The van der Waals surface area contributed by atoms with Gasteiger partial charge in [0.25, 0.3) is 5.69 Å². The van der Waals surface area contributed by atoms with Crippen LogP contribution in [0.3, 0.4) is 0 Å². The minimum absolute atomic E-state index is 0.0495. The van der Waals surface area contributed by atoms with Crippen LogP contribution < -0.4 is 5.32 Å². The molecule has 2 atom stereocenters. The monoisotopic (exact) mass is 316 g/mol. The third-order valence-electron chi connectivity index (χ3n) is 4.03. The van der Waals surface area contributed by atoms with Gasteiger partial charge in [-0.1, -0.05) is 12.1 Å². The van der Waals surface area contributed by atoms with Crippen LogP contribution in [0.15, 0.2) is 42.5 Å². The summed E-state index contributed by atoms with van der Waals surface area (Å²) in [5.41, 5.74) is 2.74. The molecule has 1 fully saturated rings. The van der Waals surface area contributed by atoms with Gasteiger partial charge in [0.2, 0.25) is 0 Å². The fourth-order valence-corrected chi connectivity index (χ4v) is 2.74. The predicted octanol–water partition coefficient (Wildman–Crippen LogP) is 3.85. The molecule has 3 rings (SSSR count). The number of nitrogens with zero attached hydrogens (tertiary/aromatic N) is 1. The number of benzene rings is 2. The first kappa shape index (κ1) is 15.4. The summed E-state index contributed by atoms with van der Waals surface area (Å²) in [4.78, 5) is 10.5. The van der Waals surface area contributed by atoms with Gasteiger partial charge in [0.05, 0.1) is 11.5 Å². The molecule has 0 aromatic heterocycles. The summed E-state index contributed by atoms with van der Waals surface area (Å²) in [6, 6.07) is 11.5. The van der Waals surface area contributed by atoms with Crippen LogP contribution in [0, 0.1) is 15.9 Å². The first-order chi connectivity index (χ1) is 11.1. The fourth-order valence-electron chi connectivity index (χ4n) is 2.74. The molecule has 1 aliphatic carbocycles. The second kappa shape index (κ2) is 6.34. The number of anilines is 1. The number of rotatable bonds is 6. The number of nitro groups is 1. The van der Waals surface area contributed by atoms with Crippen molar-refractivity contribution < 1.29 is 14.1 Å². The Balaban J connectivity index is 1.73. The Labute approximate surface area is 133 Å². The lowest BCUT2D eigenvalue weighted by Crippen LogP contribution is -2.07. The summed E-state index contributed by atoms with van der Waals surface area (Å²) < 4.78 is 18.1. The molecular weight excluding hydrogens is 299 g/mol. The van der Waals surface area contributed by atoms with Crippen molar-refractivity contribution >= 4 is 11.4 Å². The fraction of sp³-hybridized carbons (Fsp3) is 0.294. The molecule has 0 aliphatic heterocycles. The summed E-state index contributed by atoms with van der Waals surface area (Å²) in [6.07, 6.45) is 0.953. The Hall–Kier alpha value is -2.47. The molecule has 1 aliphatic rings. The van der Waals surface area contributed by atoms with E-state index in [-0.39, 0.29) is 17.5 Å². The normalized spacial score (nSPS) is 19.4. The number of nitro benzene ring substituents is 1. The Morgan fingerprint density at radius 1 is 1.30 bits per heavy atom. The highest BCUT2D eigenvalue weighted by molar-refractivity contribution is 5.58. The van der Waals surface area contributed by atoms with Gasteiger partial charge < -0.3 is 10.1 Å². The highest BCUT2D eigenvalue weighted by atomic mass is 19.1. The highest BCUT2D eigenvalue weighted by Gasteiger charge is 2.38. The van der Waals surface area contributed by atoms with E-state index in [0.29, 0.717) is 12.5 Å². The molecule has 0 bridgehead atoms. The van der Waals surface area contributed by atoms with E-state index in [1.807, 2.05) is 0 Å². The van der Waals surface area contributed by atoms with Crippen LogP contribution in [0.2, 0.25) is 0 Å². The molecule has 6 heteroatoms. The quantitative estimate of drug-likeness (QED) is 0.649. The van der Waals surface area contributed by atoms with Gasteiger partial charge in [-0.15, -0.1) is 0 Å². The van der Waals surface area contributed by atoms with Crippen molar-refractivity contribution in [1.82, 2.24) is 0 Å². The largest absolute Gasteiger partial charge is 0.381 e. The van der Waals surface area contributed by atoms with Gasteiger partial charge in [-0.3, -0.25) is 10.1 Å². The average molecular weight is 316 g/mol. The van der Waals surface area contributed by atoms with E-state index in [2.05, 4.69) is 5.32 Å². The Kier molecular flexibility index (Phi) is 4.25. The van der Waals surface area contributed by atoms with Crippen LogP contribution in [-0.2, 0) is 11.3 Å². The number of non-ortho nitro benzene ring substituents is 1. The predicted molar refractivity (Wildman–Crippen MR) is 85.0 cm³/mol. The Bertz CT molecular complexity index is 718. The van der Waals surface area contributed by atoms with E-state index in [1.54, 1.807) is 25.3 Å².